The predicted molar refractivity (Wildman–Crippen MR) is 153 cm³/mol. The molecule has 0 saturated carbocycles. The van der Waals surface area contributed by atoms with Crippen LogP contribution in [0, 0.1) is 0 Å². The van der Waals surface area contributed by atoms with E-state index < -0.39 is 0 Å². The van der Waals surface area contributed by atoms with Gasteiger partial charge in [0.1, 0.15) is 0 Å². The molecule has 0 bridgehead atoms. The highest BCUT2D eigenvalue weighted by atomic mass is 16.5. The summed E-state index contributed by atoms with van der Waals surface area (Å²) < 4.78 is 17.7. The third-order valence-corrected chi connectivity index (χ3v) is 3.47. The van der Waals surface area contributed by atoms with E-state index in [1.165, 1.54) is 25.9 Å². The maximum atomic E-state index is 10.3. The summed E-state index contributed by atoms with van der Waals surface area (Å²) in [5, 5.41) is 0. The fourth-order valence-electron chi connectivity index (χ4n) is 1.51. The van der Waals surface area contributed by atoms with E-state index in [-0.39, 0.29) is 23.9 Å². The van der Waals surface area contributed by atoms with Crippen molar-refractivity contribution in [2.45, 2.75) is 40.5 Å². The molecule has 38 heavy (non-hydrogen) atoms. The average Bonchev–Trinajstić information content (AvgIpc) is 2.93. The van der Waals surface area contributed by atoms with Gasteiger partial charge in [-0.1, -0.05) is 82.6 Å². The summed E-state index contributed by atoms with van der Waals surface area (Å²) in [7, 11) is 2.66. The number of rotatable bonds is 9. The largest absolute Gasteiger partial charge is 0.466 e. The minimum absolute atomic E-state index is 0.330. The van der Waals surface area contributed by atoms with E-state index in [1.807, 2.05) is 43.3 Å². The third-order valence-electron chi connectivity index (χ3n) is 3.47. The lowest BCUT2D eigenvalue weighted by Gasteiger charge is -1.97. The molecule has 0 aliphatic heterocycles. The maximum absolute atomic E-state index is 10.3. The molecule has 0 heterocycles. The molecule has 0 atom stereocenters. The lowest BCUT2D eigenvalue weighted by molar-refractivity contribution is -0.138. The van der Waals surface area contributed by atoms with Gasteiger partial charge in [0, 0.05) is 23.3 Å². The second-order valence-corrected chi connectivity index (χ2v) is 6.84. The Hall–Kier alpha value is -4.20. The molecular formula is C30H44O8. The number of carbonyl (C=O) groups is 4. The summed E-state index contributed by atoms with van der Waals surface area (Å²) in [4.78, 5) is 40.8. The number of hydrogen-bond donors (Lipinski definition) is 0. The van der Waals surface area contributed by atoms with Crippen molar-refractivity contribution in [2.75, 3.05) is 27.4 Å². The van der Waals surface area contributed by atoms with Gasteiger partial charge in [-0.05, 0) is 32.8 Å². The Balaban J connectivity index is -0.000000191. The molecule has 0 N–H and O–H groups in total. The monoisotopic (exact) mass is 532 g/mol. The van der Waals surface area contributed by atoms with E-state index in [2.05, 4.69) is 51.8 Å². The Kier molecular flexibility index (Phi) is 33.2. The minimum atomic E-state index is -0.359. The molecule has 0 spiro atoms. The topological polar surface area (TPSA) is 105 Å². The number of ether oxygens (including phenoxy) is 4. The van der Waals surface area contributed by atoms with Crippen molar-refractivity contribution in [1.29, 1.82) is 0 Å². The van der Waals surface area contributed by atoms with Gasteiger partial charge in [-0.25, -0.2) is 19.2 Å². The van der Waals surface area contributed by atoms with Crippen molar-refractivity contribution in [3.05, 3.63) is 92.1 Å². The molecule has 212 valence electrons. The second kappa shape index (κ2) is 30.8. The Morgan fingerprint density at radius 2 is 1.18 bits per heavy atom. The molecule has 0 amide bonds. The number of esters is 4. The van der Waals surface area contributed by atoms with Crippen molar-refractivity contribution >= 4 is 30.0 Å². The van der Waals surface area contributed by atoms with Crippen molar-refractivity contribution in [3.8, 4) is 0 Å². The first kappa shape index (κ1) is 40.9. The van der Waals surface area contributed by atoms with Crippen molar-refractivity contribution in [2.24, 2.45) is 0 Å². The standard InChI is InChI=1S/C8H8.C7H12O2.3C5H8O2/c1-2-8-6-4-3-5-7-8;1-3-5-6-9-7(8)4-2;2*1-4(2)5(6)7-3;1-3-5(6)7-4-2/h2-7H,1H2;4H,2-3,5-6H2,1H3;2*1H2,2-3H3;3H,1,4H2,2H3. The van der Waals surface area contributed by atoms with Crippen LogP contribution in [0.2, 0.25) is 0 Å². The third kappa shape index (κ3) is 34.0. The predicted octanol–water partition coefficient (Wildman–Crippen LogP) is 6.05. The second-order valence-electron chi connectivity index (χ2n) is 6.84. The smallest absolute Gasteiger partial charge is 0.332 e. The van der Waals surface area contributed by atoms with E-state index in [0.717, 1.165) is 18.9 Å². The average molecular weight is 533 g/mol. The number of benzene rings is 1. The number of unbranched alkanes of at least 4 members (excludes halogenated alkanes) is 1. The molecule has 0 aliphatic carbocycles. The maximum Gasteiger partial charge on any atom is 0.332 e. The molecule has 1 rings (SSSR count). The van der Waals surface area contributed by atoms with E-state index in [4.69, 9.17) is 0 Å². The van der Waals surface area contributed by atoms with E-state index in [9.17, 15) is 19.2 Å². The first-order valence-corrected chi connectivity index (χ1v) is 11.6. The Bertz CT molecular complexity index is 826. The molecule has 0 aromatic heterocycles. The number of hydrogen-bond acceptors (Lipinski definition) is 8. The Morgan fingerprint density at radius 1 is 0.763 bits per heavy atom. The number of methoxy groups -OCH3 is 2. The van der Waals surface area contributed by atoms with Crippen LogP contribution in [0.3, 0.4) is 0 Å². The fourth-order valence-corrected chi connectivity index (χ4v) is 1.51. The van der Waals surface area contributed by atoms with Crippen LogP contribution in [0.25, 0.3) is 6.08 Å². The van der Waals surface area contributed by atoms with Gasteiger partial charge in [-0.2, -0.15) is 0 Å². The normalized spacial score (nSPS) is 8.05. The highest BCUT2D eigenvalue weighted by molar-refractivity contribution is 5.87. The van der Waals surface area contributed by atoms with Crippen LogP contribution in [-0.4, -0.2) is 51.3 Å². The van der Waals surface area contributed by atoms with Gasteiger partial charge in [-0.15, -0.1) is 0 Å². The summed E-state index contributed by atoms with van der Waals surface area (Å²) in [6.45, 7) is 24.7. The quantitative estimate of drug-likeness (QED) is 0.164. The summed E-state index contributed by atoms with van der Waals surface area (Å²) in [6, 6.07) is 10.0. The first-order valence-electron chi connectivity index (χ1n) is 11.6. The van der Waals surface area contributed by atoms with Gasteiger partial charge in [0.25, 0.3) is 0 Å². The van der Waals surface area contributed by atoms with Crippen molar-refractivity contribution in [3.63, 3.8) is 0 Å². The van der Waals surface area contributed by atoms with Crippen LogP contribution < -0.4 is 0 Å². The molecule has 8 nitrogen and oxygen atoms in total. The van der Waals surface area contributed by atoms with Crippen LogP contribution in [-0.2, 0) is 38.1 Å². The summed E-state index contributed by atoms with van der Waals surface area (Å²) in [5.41, 5.74) is 2.04. The van der Waals surface area contributed by atoms with E-state index in [0.29, 0.717) is 24.4 Å². The van der Waals surface area contributed by atoms with Gasteiger partial charge in [0.05, 0.1) is 27.4 Å². The Morgan fingerprint density at radius 3 is 1.39 bits per heavy atom. The molecule has 1 aromatic carbocycles. The minimum Gasteiger partial charge on any atom is -0.466 e. The molecule has 0 saturated heterocycles. The van der Waals surface area contributed by atoms with Crippen LogP contribution in [0.5, 0.6) is 0 Å². The van der Waals surface area contributed by atoms with Crippen LogP contribution in [0.4, 0.5) is 0 Å². The molecule has 0 fully saturated rings. The molecule has 0 radical (unpaired) electrons. The van der Waals surface area contributed by atoms with Crippen LogP contribution >= 0.6 is 0 Å². The first-order chi connectivity index (χ1) is 17.9. The van der Waals surface area contributed by atoms with Gasteiger partial charge in [-0.3, -0.25) is 0 Å². The summed E-state index contributed by atoms with van der Waals surface area (Å²) in [6.07, 6.45) is 6.13. The van der Waals surface area contributed by atoms with Crippen molar-refractivity contribution < 1.29 is 38.1 Å². The van der Waals surface area contributed by atoms with Crippen LogP contribution in [0.1, 0.15) is 46.1 Å². The number of carbonyl (C=O) groups excluding carboxylic acids is 4. The Labute approximate surface area is 228 Å². The fraction of sp³-hybridized carbons (Fsp3) is 0.333. The highest BCUT2D eigenvalue weighted by Gasteiger charge is 1.96. The van der Waals surface area contributed by atoms with Crippen molar-refractivity contribution in [1.82, 2.24) is 0 Å². The van der Waals surface area contributed by atoms with Gasteiger partial charge >= 0.3 is 23.9 Å². The zero-order chi connectivity index (χ0) is 30.4. The molecular weight excluding hydrogens is 488 g/mol. The zero-order valence-corrected chi connectivity index (χ0v) is 23.7. The van der Waals surface area contributed by atoms with Gasteiger partial charge in [0.2, 0.25) is 0 Å². The molecule has 8 heteroatoms. The lowest BCUT2D eigenvalue weighted by atomic mass is 10.2. The highest BCUT2D eigenvalue weighted by Crippen LogP contribution is 1.97. The molecule has 0 unspecified atom stereocenters. The van der Waals surface area contributed by atoms with Gasteiger partial charge < -0.3 is 18.9 Å². The lowest BCUT2D eigenvalue weighted by Crippen LogP contribution is -2.00. The van der Waals surface area contributed by atoms with E-state index >= 15 is 0 Å². The van der Waals surface area contributed by atoms with Gasteiger partial charge in [0.15, 0.2) is 0 Å². The molecule has 0 aliphatic rings. The zero-order valence-electron chi connectivity index (χ0n) is 23.7. The molecule has 1 aromatic rings. The van der Waals surface area contributed by atoms with E-state index in [1.54, 1.807) is 20.8 Å². The summed E-state index contributed by atoms with van der Waals surface area (Å²) in [5.74, 6) is -1.38. The van der Waals surface area contributed by atoms with Crippen LogP contribution in [0.15, 0.2) is 86.5 Å². The SMILES string of the molecule is C=C(C)C(=O)OC.C=C(C)C(=O)OC.C=CC(=O)OCC.C=CC(=O)OCCCC.C=Cc1ccccc1. The summed E-state index contributed by atoms with van der Waals surface area (Å²) >= 11 is 0.